The molecule has 2 rings (SSSR count). The molecule has 2 aromatic carbocycles. The molecule has 3 nitrogen and oxygen atoms in total. The number of aryl methyl sites for hydroxylation is 1. The van der Waals surface area contributed by atoms with Crippen LogP contribution in [0.4, 0.5) is 0 Å². The molecule has 0 aliphatic heterocycles. The maximum atomic E-state index is 13.0. The number of benzene rings is 2. The summed E-state index contributed by atoms with van der Waals surface area (Å²) in [6.45, 7) is 3.82. The van der Waals surface area contributed by atoms with Crippen LogP contribution in [0.25, 0.3) is 0 Å². The highest BCUT2D eigenvalue weighted by molar-refractivity contribution is 9.10. The zero-order valence-electron chi connectivity index (χ0n) is 12.5. The summed E-state index contributed by atoms with van der Waals surface area (Å²) in [5.41, 5.74) is 2.86. The quantitative estimate of drug-likeness (QED) is 0.772. The first-order chi connectivity index (χ1) is 10.0. The minimum Gasteiger partial charge on any atom is -0.496 e. The molecule has 0 spiro atoms. The molecule has 0 radical (unpaired) electrons. The third kappa shape index (κ3) is 2.81. The Morgan fingerprint density at radius 3 is 2.38 bits per heavy atom. The fourth-order valence-corrected chi connectivity index (χ4v) is 2.90. The highest BCUT2D eigenvalue weighted by Crippen LogP contribution is 2.35. The number of hydrogen-bond donors (Lipinski definition) is 0. The van der Waals surface area contributed by atoms with Crippen LogP contribution in [0.1, 0.15) is 27.0 Å². The van der Waals surface area contributed by atoms with E-state index in [4.69, 9.17) is 9.47 Å². The van der Waals surface area contributed by atoms with Crippen LogP contribution < -0.4 is 9.47 Å². The van der Waals surface area contributed by atoms with E-state index >= 15 is 0 Å². The molecule has 0 heterocycles. The predicted molar refractivity (Wildman–Crippen MR) is 86.6 cm³/mol. The van der Waals surface area contributed by atoms with Gasteiger partial charge in [-0.2, -0.15) is 0 Å². The van der Waals surface area contributed by atoms with E-state index < -0.39 is 0 Å². The number of carbonyl (C=O) groups is 1. The maximum Gasteiger partial charge on any atom is 0.200 e. The number of carbonyl (C=O) groups excluding carboxylic acids is 1. The van der Waals surface area contributed by atoms with Crippen LogP contribution in [0.5, 0.6) is 11.5 Å². The molecule has 0 aliphatic carbocycles. The molecule has 2 aromatic rings. The first-order valence-corrected chi connectivity index (χ1v) is 7.32. The molecule has 0 N–H and O–H groups in total. The molecule has 110 valence electrons. The minimum absolute atomic E-state index is 0.105. The molecule has 0 aromatic heterocycles. The van der Waals surface area contributed by atoms with Gasteiger partial charge in [0.1, 0.15) is 11.5 Å². The minimum atomic E-state index is -0.105. The number of methoxy groups -OCH3 is 2. The van der Waals surface area contributed by atoms with Gasteiger partial charge in [-0.05, 0) is 43.2 Å². The lowest BCUT2D eigenvalue weighted by molar-refractivity contribution is 0.103. The maximum absolute atomic E-state index is 13.0. The Bertz CT molecular complexity index is 693. The highest BCUT2D eigenvalue weighted by Gasteiger charge is 2.23. The van der Waals surface area contributed by atoms with Crippen LogP contribution in [0.15, 0.2) is 34.8 Å². The van der Waals surface area contributed by atoms with Crippen molar-refractivity contribution in [1.29, 1.82) is 0 Å². The van der Waals surface area contributed by atoms with Crippen LogP contribution in [-0.2, 0) is 0 Å². The van der Waals surface area contributed by atoms with E-state index in [0.29, 0.717) is 22.6 Å². The van der Waals surface area contributed by atoms with Gasteiger partial charge in [0.05, 0.1) is 25.3 Å². The number of rotatable bonds is 4. The molecule has 0 saturated heterocycles. The average Bonchev–Trinajstić information content (AvgIpc) is 2.49. The van der Waals surface area contributed by atoms with Gasteiger partial charge in [-0.1, -0.05) is 28.1 Å². The molecule has 0 amide bonds. The van der Waals surface area contributed by atoms with E-state index in [0.717, 1.165) is 15.6 Å². The van der Waals surface area contributed by atoms with Crippen LogP contribution in [-0.4, -0.2) is 20.0 Å². The monoisotopic (exact) mass is 348 g/mol. The molecular formula is C17H17BrO3. The summed E-state index contributed by atoms with van der Waals surface area (Å²) in [7, 11) is 3.14. The molecule has 0 atom stereocenters. The Labute approximate surface area is 133 Å². The fraction of sp³-hybridized carbons (Fsp3) is 0.235. The Hall–Kier alpha value is -1.81. The Balaban J connectivity index is 2.69. The number of ketones is 1. The Kier molecular flexibility index (Phi) is 4.68. The number of halogens is 1. The second kappa shape index (κ2) is 6.31. The first-order valence-electron chi connectivity index (χ1n) is 6.52. The largest absolute Gasteiger partial charge is 0.496 e. The molecule has 21 heavy (non-hydrogen) atoms. The molecule has 4 heteroatoms. The van der Waals surface area contributed by atoms with E-state index in [1.54, 1.807) is 26.4 Å². The van der Waals surface area contributed by atoms with Gasteiger partial charge in [-0.15, -0.1) is 0 Å². The zero-order chi connectivity index (χ0) is 15.6. The molecule has 0 fully saturated rings. The molecular weight excluding hydrogens is 332 g/mol. The normalized spacial score (nSPS) is 10.3. The van der Waals surface area contributed by atoms with Crippen LogP contribution in [0.3, 0.4) is 0 Å². The zero-order valence-corrected chi connectivity index (χ0v) is 14.1. The average molecular weight is 349 g/mol. The van der Waals surface area contributed by atoms with Crippen molar-refractivity contribution in [2.24, 2.45) is 0 Å². The molecule has 0 aliphatic rings. The van der Waals surface area contributed by atoms with Gasteiger partial charge in [0.25, 0.3) is 0 Å². The third-order valence-corrected chi connectivity index (χ3v) is 4.27. The van der Waals surface area contributed by atoms with E-state index in [9.17, 15) is 4.79 Å². The van der Waals surface area contributed by atoms with Crippen molar-refractivity contribution in [3.05, 3.63) is 57.1 Å². The van der Waals surface area contributed by atoms with Gasteiger partial charge in [-0.3, -0.25) is 4.79 Å². The predicted octanol–water partition coefficient (Wildman–Crippen LogP) is 4.31. The second-order valence-electron chi connectivity index (χ2n) is 4.74. The van der Waals surface area contributed by atoms with Crippen LogP contribution >= 0.6 is 15.9 Å². The summed E-state index contributed by atoms with van der Waals surface area (Å²) in [5.74, 6) is 1.05. The van der Waals surface area contributed by atoms with E-state index in [2.05, 4.69) is 15.9 Å². The third-order valence-electron chi connectivity index (χ3n) is 3.44. The van der Waals surface area contributed by atoms with Gasteiger partial charge < -0.3 is 9.47 Å². The van der Waals surface area contributed by atoms with Crippen LogP contribution in [0, 0.1) is 13.8 Å². The lowest BCUT2D eigenvalue weighted by atomic mass is 9.95. The summed E-state index contributed by atoms with van der Waals surface area (Å²) < 4.78 is 11.6. The lowest BCUT2D eigenvalue weighted by Gasteiger charge is -2.16. The van der Waals surface area contributed by atoms with Crippen molar-refractivity contribution in [3.63, 3.8) is 0 Å². The molecule has 0 unspecified atom stereocenters. The van der Waals surface area contributed by atoms with Crippen molar-refractivity contribution in [2.45, 2.75) is 13.8 Å². The van der Waals surface area contributed by atoms with Crippen molar-refractivity contribution < 1.29 is 14.3 Å². The van der Waals surface area contributed by atoms with E-state index in [1.165, 1.54) is 0 Å². The molecule has 0 saturated carbocycles. The first kappa shape index (κ1) is 15.6. The SMILES string of the molecule is COc1ccccc1C(=O)c1c(C)c(Br)cc(C)c1OC. The van der Waals surface area contributed by atoms with Crippen LogP contribution in [0.2, 0.25) is 0 Å². The van der Waals surface area contributed by atoms with Gasteiger partial charge in [0.15, 0.2) is 0 Å². The number of para-hydroxylation sites is 1. The summed E-state index contributed by atoms with van der Waals surface area (Å²) >= 11 is 3.50. The topological polar surface area (TPSA) is 35.5 Å². The fourth-order valence-electron chi connectivity index (χ4n) is 2.35. The Morgan fingerprint density at radius 1 is 1.10 bits per heavy atom. The van der Waals surface area contributed by atoms with Crippen molar-refractivity contribution in [1.82, 2.24) is 0 Å². The van der Waals surface area contributed by atoms with E-state index in [1.807, 2.05) is 32.0 Å². The van der Waals surface area contributed by atoms with Crippen molar-refractivity contribution in [3.8, 4) is 11.5 Å². The van der Waals surface area contributed by atoms with Gasteiger partial charge >= 0.3 is 0 Å². The van der Waals surface area contributed by atoms with Gasteiger partial charge in [-0.25, -0.2) is 0 Å². The standard InChI is InChI=1S/C17H17BrO3/c1-10-9-13(18)11(2)15(17(10)21-4)16(19)12-7-5-6-8-14(12)20-3/h5-9H,1-4H3. The summed E-state index contributed by atoms with van der Waals surface area (Å²) in [5, 5.41) is 0. The van der Waals surface area contributed by atoms with E-state index in [-0.39, 0.29) is 5.78 Å². The van der Waals surface area contributed by atoms with Crippen molar-refractivity contribution >= 4 is 21.7 Å². The second-order valence-corrected chi connectivity index (χ2v) is 5.59. The lowest BCUT2D eigenvalue weighted by Crippen LogP contribution is -2.09. The Morgan fingerprint density at radius 2 is 1.76 bits per heavy atom. The summed E-state index contributed by atoms with van der Waals surface area (Å²) in [6.07, 6.45) is 0. The number of hydrogen-bond acceptors (Lipinski definition) is 3. The van der Waals surface area contributed by atoms with Gasteiger partial charge in [0, 0.05) is 4.47 Å². The smallest absolute Gasteiger partial charge is 0.200 e. The van der Waals surface area contributed by atoms with Gasteiger partial charge in [0.2, 0.25) is 5.78 Å². The summed E-state index contributed by atoms with van der Waals surface area (Å²) in [6, 6.07) is 9.15. The van der Waals surface area contributed by atoms with Crippen molar-refractivity contribution in [2.75, 3.05) is 14.2 Å². The summed E-state index contributed by atoms with van der Waals surface area (Å²) in [4.78, 5) is 13.0. The molecule has 0 bridgehead atoms. The number of ether oxygens (including phenoxy) is 2. The highest BCUT2D eigenvalue weighted by atomic mass is 79.9.